The molecule has 3 aromatic carbocycles. The van der Waals surface area contributed by atoms with E-state index < -0.39 is 6.10 Å². The molecule has 3 aromatic heterocycles. The molecule has 0 fully saturated rings. The van der Waals surface area contributed by atoms with Gasteiger partial charge in [0, 0.05) is 30.6 Å². The molecule has 7 heteroatoms. The van der Waals surface area contributed by atoms with Crippen molar-refractivity contribution in [3.05, 3.63) is 90.5 Å². The van der Waals surface area contributed by atoms with Crippen LogP contribution in [0.3, 0.4) is 0 Å². The van der Waals surface area contributed by atoms with E-state index in [0.29, 0.717) is 0 Å². The number of aromatic hydroxyl groups is 1. The van der Waals surface area contributed by atoms with Gasteiger partial charge in [-0.1, -0.05) is 49.7 Å². The summed E-state index contributed by atoms with van der Waals surface area (Å²) in [5.74, 6) is 0.269. The lowest BCUT2D eigenvalue weighted by Crippen LogP contribution is -1.95. The van der Waals surface area contributed by atoms with Gasteiger partial charge in [0.15, 0.2) is 0 Å². The van der Waals surface area contributed by atoms with Gasteiger partial charge in [-0.15, -0.1) is 22.7 Å². The topological polar surface area (TPSA) is 66.2 Å². The zero-order chi connectivity index (χ0) is 25.4. The van der Waals surface area contributed by atoms with Crippen LogP contribution in [0, 0.1) is 0 Å². The lowest BCUT2D eigenvalue weighted by atomic mass is 10.0. The van der Waals surface area contributed by atoms with Crippen molar-refractivity contribution in [1.29, 1.82) is 0 Å². The Kier molecular flexibility index (Phi) is 6.61. The molecule has 0 aliphatic heterocycles. The monoisotopic (exact) mass is 540 g/mol. The Hall–Kier alpha value is -3.36. The lowest BCUT2D eigenvalue weighted by molar-refractivity contribution is 0.166. The molecule has 1 atom stereocenters. The maximum absolute atomic E-state index is 10.3. The van der Waals surface area contributed by atoms with Crippen LogP contribution >= 0.6 is 34.4 Å². The molecule has 6 rings (SSSR count). The fourth-order valence-electron chi connectivity index (χ4n) is 4.48. The number of hydrogen-bond acceptors (Lipinski definition) is 7. The first kappa shape index (κ1) is 24.0. The summed E-state index contributed by atoms with van der Waals surface area (Å²) >= 11 is 4.70. The van der Waals surface area contributed by atoms with Crippen molar-refractivity contribution in [3.8, 4) is 47.5 Å². The van der Waals surface area contributed by atoms with E-state index in [2.05, 4.69) is 64.2 Å². The van der Waals surface area contributed by atoms with Gasteiger partial charge in [0.1, 0.15) is 16.8 Å². The number of thiophene rings is 2. The Labute approximate surface area is 227 Å². The van der Waals surface area contributed by atoms with Crippen LogP contribution in [0.15, 0.2) is 84.9 Å². The minimum Gasteiger partial charge on any atom is -0.508 e. The molecule has 0 aliphatic carbocycles. The third-order valence-electron chi connectivity index (χ3n) is 6.45. The van der Waals surface area contributed by atoms with Crippen LogP contribution in [-0.2, 0) is 0 Å². The van der Waals surface area contributed by atoms with Gasteiger partial charge in [0.05, 0.1) is 17.8 Å². The third-order valence-corrected chi connectivity index (χ3v) is 9.32. The van der Waals surface area contributed by atoms with Gasteiger partial charge in [0.2, 0.25) is 0 Å². The van der Waals surface area contributed by atoms with Gasteiger partial charge in [-0.2, -0.15) is 8.75 Å². The first-order chi connectivity index (χ1) is 18.1. The Bertz CT molecular complexity index is 1660. The van der Waals surface area contributed by atoms with E-state index >= 15 is 0 Å². The fourth-order valence-corrected chi connectivity index (χ4v) is 7.12. The third kappa shape index (κ3) is 4.71. The second kappa shape index (κ2) is 10.2. The maximum atomic E-state index is 10.3. The summed E-state index contributed by atoms with van der Waals surface area (Å²) in [6.45, 7) is 2.08. The highest BCUT2D eigenvalue weighted by Gasteiger charge is 2.17. The number of aromatic nitrogens is 2. The molecular formula is C30H24N2O2S3. The minimum absolute atomic E-state index is 0.269. The molecule has 6 aromatic rings. The number of benzene rings is 3. The molecule has 0 spiro atoms. The molecule has 3 heterocycles. The Morgan fingerprint density at radius 3 is 1.65 bits per heavy atom. The Morgan fingerprint density at radius 1 is 0.649 bits per heavy atom. The predicted octanol–water partition coefficient (Wildman–Crippen LogP) is 9.02. The summed E-state index contributed by atoms with van der Waals surface area (Å²) in [6.07, 6.45) is 1.34. The number of fused-ring (bicyclic) bond motifs is 1. The van der Waals surface area contributed by atoms with E-state index in [-0.39, 0.29) is 5.75 Å². The molecule has 0 amide bonds. The number of nitrogens with zero attached hydrogens (tertiary/aromatic N) is 2. The summed E-state index contributed by atoms with van der Waals surface area (Å²) in [4.78, 5) is 4.63. The maximum Gasteiger partial charge on any atom is 0.115 e. The molecule has 4 nitrogen and oxygen atoms in total. The largest absolute Gasteiger partial charge is 0.508 e. The zero-order valence-electron chi connectivity index (χ0n) is 20.1. The minimum atomic E-state index is -0.401. The number of phenolic OH excluding ortho intramolecular Hbond substituents is 1. The molecule has 0 bridgehead atoms. The Morgan fingerprint density at radius 2 is 1.14 bits per heavy atom. The number of phenols is 1. The SMILES string of the molecule is CCCC(O)c1ccc(-c2ccc(-c3ccc(-c4ccc(-c5ccc(O)cc5)s4)c4nsnc34)s2)cc1. The molecule has 0 radical (unpaired) electrons. The first-order valence-corrected chi connectivity index (χ1v) is 14.5. The summed E-state index contributed by atoms with van der Waals surface area (Å²) in [7, 11) is 0. The predicted molar refractivity (Wildman–Crippen MR) is 156 cm³/mol. The van der Waals surface area contributed by atoms with E-state index in [9.17, 15) is 10.2 Å². The van der Waals surface area contributed by atoms with Gasteiger partial charge >= 0.3 is 0 Å². The van der Waals surface area contributed by atoms with Gasteiger partial charge in [0.25, 0.3) is 0 Å². The summed E-state index contributed by atoms with van der Waals surface area (Å²) in [5.41, 5.74) is 7.22. The summed E-state index contributed by atoms with van der Waals surface area (Å²) in [6, 6.07) is 28.4. The molecule has 37 heavy (non-hydrogen) atoms. The van der Waals surface area contributed by atoms with Crippen molar-refractivity contribution in [1.82, 2.24) is 8.75 Å². The molecule has 0 saturated heterocycles. The van der Waals surface area contributed by atoms with Crippen LogP contribution in [0.1, 0.15) is 31.4 Å². The molecule has 184 valence electrons. The zero-order valence-corrected chi connectivity index (χ0v) is 22.5. The van der Waals surface area contributed by atoms with Crippen LogP contribution in [0.25, 0.3) is 52.8 Å². The normalized spacial score (nSPS) is 12.3. The highest BCUT2D eigenvalue weighted by molar-refractivity contribution is 7.19. The van der Waals surface area contributed by atoms with E-state index in [1.54, 1.807) is 34.8 Å². The second-order valence-electron chi connectivity index (χ2n) is 8.92. The van der Waals surface area contributed by atoms with Gasteiger partial charge in [-0.25, -0.2) is 0 Å². The summed E-state index contributed by atoms with van der Waals surface area (Å²) < 4.78 is 9.34. The highest BCUT2D eigenvalue weighted by Crippen LogP contribution is 2.42. The van der Waals surface area contributed by atoms with Gasteiger partial charge in [-0.3, -0.25) is 0 Å². The van der Waals surface area contributed by atoms with Gasteiger partial charge in [-0.05, 0) is 71.6 Å². The second-order valence-corrected chi connectivity index (χ2v) is 11.6. The van der Waals surface area contributed by atoms with Crippen molar-refractivity contribution in [2.45, 2.75) is 25.9 Å². The fraction of sp³-hybridized carbons (Fsp3) is 0.133. The van der Waals surface area contributed by atoms with Gasteiger partial charge < -0.3 is 10.2 Å². The highest BCUT2D eigenvalue weighted by atomic mass is 32.1. The number of aliphatic hydroxyl groups is 1. The molecule has 1 unspecified atom stereocenters. The van der Waals surface area contributed by atoms with Crippen molar-refractivity contribution in [3.63, 3.8) is 0 Å². The molecule has 2 N–H and O–H groups in total. The number of hydrogen-bond donors (Lipinski definition) is 2. The van der Waals surface area contributed by atoms with Crippen molar-refractivity contribution in [2.24, 2.45) is 0 Å². The van der Waals surface area contributed by atoms with E-state index in [1.165, 1.54) is 16.6 Å². The van der Waals surface area contributed by atoms with Crippen LogP contribution < -0.4 is 0 Å². The average Bonchev–Trinajstić information content (AvgIpc) is 3.70. The number of aliphatic hydroxyl groups excluding tert-OH is 1. The Balaban J connectivity index is 1.31. The van der Waals surface area contributed by atoms with Crippen LogP contribution in [0.4, 0.5) is 0 Å². The van der Waals surface area contributed by atoms with Crippen LogP contribution in [0.2, 0.25) is 0 Å². The standard InChI is InChI=1S/C30H24N2O2S3/c1-2-3-24(34)18-4-6-19(7-5-18)25-14-16-27(35-25)22-12-13-23(30-29(22)31-37-32-30)28-17-15-26(36-28)20-8-10-21(33)11-9-20/h4-17,24,33-34H,2-3H2,1H3. The van der Waals surface area contributed by atoms with E-state index in [1.807, 2.05) is 24.3 Å². The summed E-state index contributed by atoms with van der Waals surface area (Å²) in [5, 5.41) is 19.9. The quantitative estimate of drug-likeness (QED) is 0.212. The van der Waals surface area contributed by atoms with Crippen LogP contribution in [-0.4, -0.2) is 19.0 Å². The van der Waals surface area contributed by atoms with Crippen molar-refractivity contribution < 1.29 is 10.2 Å². The van der Waals surface area contributed by atoms with Crippen molar-refractivity contribution in [2.75, 3.05) is 0 Å². The smallest absolute Gasteiger partial charge is 0.115 e. The first-order valence-electron chi connectivity index (χ1n) is 12.1. The lowest BCUT2D eigenvalue weighted by Gasteiger charge is -2.09. The average molecular weight is 541 g/mol. The molecule has 0 aliphatic rings. The van der Waals surface area contributed by atoms with Crippen LogP contribution in [0.5, 0.6) is 5.75 Å². The number of rotatable bonds is 7. The van der Waals surface area contributed by atoms with E-state index in [4.69, 9.17) is 0 Å². The molecule has 0 saturated carbocycles. The van der Waals surface area contributed by atoms with Crippen molar-refractivity contribution >= 4 is 45.4 Å². The van der Waals surface area contributed by atoms with E-state index in [0.717, 1.165) is 66.3 Å². The molecular weight excluding hydrogens is 517 g/mol.